The molecule has 1 aliphatic carbocycles. The molecular formula is C16H23N6O2+. The summed E-state index contributed by atoms with van der Waals surface area (Å²) >= 11 is 0. The largest absolute Gasteiger partial charge is 0.348 e. The number of aryl methyl sites for hydroxylation is 1. The lowest BCUT2D eigenvalue weighted by molar-refractivity contribution is -0.862. The average Bonchev–Trinajstić information content (AvgIpc) is 3.04. The Morgan fingerprint density at radius 1 is 1.38 bits per heavy atom. The third-order valence-corrected chi connectivity index (χ3v) is 4.21. The number of aromatic nitrogens is 4. The highest BCUT2D eigenvalue weighted by atomic mass is 16.2. The van der Waals surface area contributed by atoms with Gasteiger partial charge in [-0.15, -0.1) is 0 Å². The number of carbonyl (C=O) groups excluding carboxylic acids is 2. The van der Waals surface area contributed by atoms with Crippen molar-refractivity contribution in [1.29, 1.82) is 0 Å². The highest BCUT2D eigenvalue weighted by Gasteiger charge is 2.26. The van der Waals surface area contributed by atoms with E-state index in [4.69, 9.17) is 0 Å². The number of Topliss-reactive ketones (excluding diaryl/α,β-unsaturated/α-hetero) is 1. The Kier molecular flexibility index (Phi) is 4.48. The first kappa shape index (κ1) is 16.4. The number of quaternary nitrogens is 1. The lowest BCUT2D eigenvalue weighted by Gasteiger charge is -2.13. The van der Waals surface area contributed by atoms with Gasteiger partial charge in [-0.2, -0.15) is 10.1 Å². The lowest BCUT2D eigenvalue weighted by atomic mass is 10.1. The summed E-state index contributed by atoms with van der Waals surface area (Å²) < 4.78 is 1.87. The summed E-state index contributed by atoms with van der Waals surface area (Å²) in [6.45, 7) is 4.39. The molecule has 0 radical (unpaired) electrons. The van der Waals surface area contributed by atoms with Gasteiger partial charge in [-0.05, 0) is 32.8 Å². The molecule has 1 saturated carbocycles. The molecule has 2 aromatic heterocycles. The predicted molar refractivity (Wildman–Crippen MR) is 87.3 cm³/mol. The lowest BCUT2D eigenvalue weighted by Crippen LogP contribution is -3.11. The van der Waals surface area contributed by atoms with Crippen LogP contribution in [0.3, 0.4) is 0 Å². The van der Waals surface area contributed by atoms with Gasteiger partial charge in [0.25, 0.3) is 5.91 Å². The van der Waals surface area contributed by atoms with Gasteiger partial charge in [0.05, 0.1) is 7.05 Å². The van der Waals surface area contributed by atoms with Crippen LogP contribution in [0.25, 0.3) is 5.95 Å². The second kappa shape index (κ2) is 6.56. The van der Waals surface area contributed by atoms with Crippen LogP contribution in [0.5, 0.6) is 0 Å². The molecular weight excluding hydrogens is 308 g/mol. The Balaban J connectivity index is 1.66. The first-order chi connectivity index (χ1) is 11.5. The second-order valence-electron chi connectivity index (χ2n) is 6.50. The third kappa shape index (κ3) is 3.53. The van der Waals surface area contributed by atoms with Crippen molar-refractivity contribution in [2.45, 2.75) is 32.7 Å². The van der Waals surface area contributed by atoms with Gasteiger partial charge in [-0.25, -0.2) is 5.10 Å². The molecule has 8 heteroatoms. The summed E-state index contributed by atoms with van der Waals surface area (Å²) in [5.41, 5.74) is 2.40. The van der Waals surface area contributed by atoms with Gasteiger partial charge in [0.15, 0.2) is 6.54 Å². The van der Waals surface area contributed by atoms with Crippen LogP contribution in [-0.2, 0) is 4.79 Å². The molecule has 128 valence electrons. The Morgan fingerprint density at radius 2 is 2.12 bits per heavy atom. The highest BCUT2D eigenvalue weighted by Crippen LogP contribution is 2.19. The van der Waals surface area contributed by atoms with Crippen molar-refractivity contribution in [1.82, 2.24) is 25.1 Å². The summed E-state index contributed by atoms with van der Waals surface area (Å²) in [6.07, 6.45) is 3.57. The van der Waals surface area contributed by atoms with Gasteiger partial charge in [-0.1, -0.05) is 0 Å². The van der Waals surface area contributed by atoms with Gasteiger partial charge < -0.3 is 10.2 Å². The highest BCUT2D eigenvalue weighted by molar-refractivity contribution is 5.98. The fourth-order valence-electron chi connectivity index (χ4n) is 2.89. The van der Waals surface area contributed by atoms with Crippen molar-refractivity contribution < 1.29 is 14.5 Å². The van der Waals surface area contributed by atoms with E-state index in [-0.39, 0.29) is 18.2 Å². The summed E-state index contributed by atoms with van der Waals surface area (Å²) in [5.74, 6) is 0.620. The number of carbonyl (C=O) groups is 2. The molecule has 2 aromatic rings. The zero-order valence-electron chi connectivity index (χ0n) is 14.2. The predicted octanol–water partition coefficient (Wildman–Crippen LogP) is -0.812. The Bertz CT molecular complexity index is 745. The van der Waals surface area contributed by atoms with E-state index < -0.39 is 0 Å². The smallest absolute Gasteiger partial charge is 0.275 e. The van der Waals surface area contributed by atoms with Crippen LogP contribution in [-0.4, -0.2) is 57.6 Å². The zero-order chi connectivity index (χ0) is 17.3. The quantitative estimate of drug-likeness (QED) is 0.578. The van der Waals surface area contributed by atoms with Crippen molar-refractivity contribution in [3.8, 4) is 5.95 Å². The van der Waals surface area contributed by atoms with E-state index in [1.165, 1.54) is 6.33 Å². The maximum atomic E-state index is 12.6. The Morgan fingerprint density at radius 3 is 2.75 bits per heavy atom. The maximum absolute atomic E-state index is 12.6. The number of rotatable bonds is 7. The van der Waals surface area contributed by atoms with Gasteiger partial charge >= 0.3 is 0 Å². The van der Waals surface area contributed by atoms with Crippen LogP contribution >= 0.6 is 0 Å². The topological polar surface area (TPSA) is 97.1 Å². The van der Waals surface area contributed by atoms with Crippen molar-refractivity contribution in [2.24, 2.45) is 0 Å². The van der Waals surface area contributed by atoms with E-state index in [1.54, 1.807) is 0 Å². The van der Waals surface area contributed by atoms with Crippen LogP contribution in [0, 0.1) is 13.8 Å². The normalized spacial score (nSPS) is 15.3. The molecule has 3 N–H and O–H groups in total. The summed E-state index contributed by atoms with van der Waals surface area (Å²) in [6, 6.07) is 2.21. The van der Waals surface area contributed by atoms with Crippen LogP contribution in [0.1, 0.15) is 34.6 Å². The van der Waals surface area contributed by atoms with E-state index in [2.05, 4.69) is 20.5 Å². The van der Waals surface area contributed by atoms with Crippen molar-refractivity contribution >= 4 is 11.7 Å². The third-order valence-electron chi connectivity index (χ3n) is 4.21. The molecule has 1 amide bonds. The van der Waals surface area contributed by atoms with Gasteiger partial charge in [0, 0.05) is 23.0 Å². The van der Waals surface area contributed by atoms with Crippen LogP contribution in [0.2, 0.25) is 0 Å². The number of hydrogen-bond acceptors (Lipinski definition) is 4. The molecule has 3 rings (SSSR count). The van der Waals surface area contributed by atoms with E-state index in [1.807, 2.05) is 31.5 Å². The molecule has 1 fully saturated rings. The molecule has 2 heterocycles. The minimum atomic E-state index is 0.00920. The summed E-state index contributed by atoms with van der Waals surface area (Å²) in [4.78, 5) is 29.5. The van der Waals surface area contributed by atoms with Gasteiger partial charge in [0.2, 0.25) is 11.7 Å². The maximum Gasteiger partial charge on any atom is 0.275 e. The molecule has 0 bridgehead atoms. The van der Waals surface area contributed by atoms with Crippen molar-refractivity contribution in [3.05, 3.63) is 29.3 Å². The Labute approximate surface area is 140 Å². The van der Waals surface area contributed by atoms with Crippen LogP contribution < -0.4 is 10.2 Å². The standard InChI is InChI=1S/C16H22N6O2/c1-10-6-13(11(2)22(10)16-17-9-18-20-16)14(23)7-21(3)8-15(24)19-12-4-5-12/h6,9,12H,4-5,7-8H2,1-3H3,(H,19,24)(H,17,18,20)/p+1. The zero-order valence-corrected chi connectivity index (χ0v) is 14.2. The van der Waals surface area contributed by atoms with Gasteiger partial charge in [-0.3, -0.25) is 14.2 Å². The van der Waals surface area contributed by atoms with Crippen molar-refractivity contribution in [2.75, 3.05) is 20.1 Å². The minimum absolute atomic E-state index is 0.00920. The van der Waals surface area contributed by atoms with E-state index in [0.29, 0.717) is 24.1 Å². The Hall–Kier alpha value is -2.48. The molecule has 1 atom stereocenters. The first-order valence-corrected chi connectivity index (χ1v) is 8.14. The number of H-pyrrole nitrogens is 1. The fourth-order valence-corrected chi connectivity index (χ4v) is 2.89. The molecule has 0 aromatic carbocycles. The SMILES string of the molecule is Cc1cc(C(=O)C[NH+](C)CC(=O)NC2CC2)c(C)n1-c1ncn[nH]1. The number of nitrogens with zero attached hydrogens (tertiary/aromatic N) is 3. The van der Waals surface area contributed by atoms with Gasteiger partial charge in [0.1, 0.15) is 12.9 Å². The summed E-state index contributed by atoms with van der Waals surface area (Å²) in [5, 5.41) is 9.61. The number of amides is 1. The van der Waals surface area contributed by atoms with E-state index >= 15 is 0 Å². The number of hydrogen-bond donors (Lipinski definition) is 3. The molecule has 0 aliphatic heterocycles. The molecule has 24 heavy (non-hydrogen) atoms. The van der Waals surface area contributed by atoms with E-state index in [0.717, 1.165) is 29.1 Å². The van der Waals surface area contributed by atoms with E-state index in [9.17, 15) is 9.59 Å². The first-order valence-electron chi connectivity index (χ1n) is 8.14. The number of nitrogens with one attached hydrogen (secondary N) is 3. The average molecular weight is 331 g/mol. The molecule has 0 spiro atoms. The monoisotopic (exact) mass is 331 g/mol. The number of likely N-dealkylation sites (N-methyl/N-ethyl adjacent to an activating group) is 1. The second-order valence-corrected chi connectivity index (χ2v) is 6.50. The van der Waals surface area contributed by atoms with Crippen LogP contribution in [0.15, 0.2) is 12.4 Å². The number of aromatic amines is 1. The number of ketones is 1. The molecule has 1 aliphatic rings. The molecule has 1 unspecified atom stereocenters. The van der Waals surface area contributed by atoms with Crippen molar-refractivity contribution in [3.63, 3.8) is 0 Å². The summed E-state index contributed by atoms with van der Waals surface area (Å²) in [7, 11) is 1.86. The molecule has 8 nitrogen and oxygen atoms in total. The molecule has 0 saturated heterocycles. The minimum Gasteiger partial charge on any atom is -0.348 e. The van der Waals surface area contributed by atoms with Crippen LogP contribution in [0.4, 0.5) is 0 Å². The fraction of sp³-hybridized carbons (Fsp3) is 0.500.